The zero-order valence-electron chi connectivity index (χ0n) is 12.1. The van der Waals surface area contributed by atoms with Crippen molar-refractivity contribution in [2.75, 3.05) is 5.73 Å². The molecule has 0 unspecified atom stereocenters. The Morgan fingerprint density at radius 1 is 1.10 bits per heavy atom. The van der Waals surface area contributed by atoms with Crippen molar-refractivity contribution >= 4 is 17.6 Å². The SMILES string of the molecule is Nc1ccc(CC(=O)NC2(C(=O)O)CCCCCC2)cc1. The molecule has 1 fully saturated rings. The van der Waals surface area contributed by atoms with Gasteiger partial charge in [0.05, 0.1) is 6.42 Å². The highest BCUT2D eigenvalue weighted by molar-refractivity contribution is 5.88. The van der Waals surface area contributed by atoms with Crippen LogP contribution in [0.1, 0.15) is 44.1 Å². The van der Waals surface area contributed by atoms with Gasteiger partial charge in [-0.1, -0.05) is 37.8 Å². The fourth-order valence-electron chi connectivity index (χ4n) is 2.86. The van der Waals surface area contributed by atoms with Gasteiger partial charge in [-0.15, -0.1) is 0 Å². The third-order valence-corrected chi connectivity index (χ3v) is 4.09. The maximum absolute atomic E-state index is 12.2. The maximum Gasteiger partial charge on any atom is 0.329 e. The van der Waals surface area contributed by atoms with Crippen LogP contribution in [-0.4, -0.2) is 22.5 Å². The molecule has 1 aliphatic carbocycles. The highest BCUT2D eigenvalue weighted by atomic mass is 16.4. The summed E-state index contributed by atoms with van der Waals surface area (Å²) in [5.41, 5.74) is 5.98. The van der Waals surface area contributed by atoms with Crippen LogP contribution < -0.4 is 11.1 Å². The van der Waals surface area contributed by atoms with E-state index in [0.717, 1.165) is 31.2 Å². The van der Waals surface area contributed by atoms with E-state index < -0.39 is 11.5 Å². The van der Waals surface area contributed by atoms with Crippen molar-refractivity contribution in [1.82, 2.24) is 5.32 Å². The van der Waals surface area contributed by atoms with Gasteiger partial charge in [0.25, 0.3) is 0 Å². The number of carboxylic acids is 1. The number of hydrogen-bond acceptors (Lipinski definition) is 3. The molecule has 1 aliphatic rings. The molecule has 21 heavy (non-hydrogen) atoms. The molecule has 1 aromatic carbocycles. The Morgan fingerprint density at radius 3 is 2.19 bits per heavy atom. The minimum Gasteiger partial charge on any atom is -0.480 e. The number of hydrogen-bond donors (Lipinski definition) is 3. The number of nitrogen functional groups attached to an aromatic ring is 1. The van der Waals surface area contributed by atoms with Gasteiger partial charge in [-0.2, -0.15) is 0 Å². The number of nitrogens with one attached hydrogen (secondary N) is 1. The van der Waals surface area contributed by atoms with Gasteiger partial charge >= 0.3 is 5.97 Å². The minimum atomic E-state index is -1.10. The Morgan fingerprint density at radius 2 is 1.67 bits per heavy atom. The number of aliphatic carboxylic acids is 1. The molecule has 114 valence electrons. The zero-order valence-corrected chi connectivity index (χ0v) is 12.1. The lowest BCUT2D eigenvalue weighted by Crippen LogP contribution is -2.54. The summed E-state index contributed by atoms with van der Waals surface area (Å²) in [6.07, 6.45) is 4.94. The quantitative estimate of drug-likeness (QED) is 0.585. The van der Waals surface area contributed by atoms with E-state index in [9.17, 15) is 14.7 Å². The Labute approximate surface area is 124 Å². The van der Waals surface area contributed by atoms with Crippen molar-refractivity contribution in [3.05, 3.63) is 29.8 Å². The molecule has 2 rings (SSSR count). The summed E-state index contributed by atoms with van der Waals surface area (Å²) in [5, 5.41) is 12.3. The highest BCUT2D eigenvalue weighted by Gasteiger charge is 2.39. The van der Waals surface area contributed by atoms with Crippen LogP contribution in [-0.2, 0) is 16.0 Å². The van der Waals surface area contributed by atoms with Crippen molar-refractivity contribution in [3.63, 3.8) is 0 Å². The van der Waals surface area contributed by atoms with Gasteiger partial charge < -0.3 is 16.2 Å². The molecular formula is C16H22N2O3. The first-order chi connectivity index (χ1) is 10.0. The van der Waals surface area contributed by atoms with Crippen molar-refractivity contribution in [2.45, 2.75) is 50.5 Å². The van der Waals surface area contributed by atoms with E-state index in [-0.39, 0.29) is 12.3 Å². The third kappa shape index (κ3) is 3.97. The van der Waals surface area contributed by atoms with Crippen LogP contribution in [0.4, 0.5) is 5.69 Å². The first kappa shape index (κ1) is 15.4. The summed E-state index contributed by atoms with van der Waals surface area (Å²) in [7, 11) is 0. The summed E-state index contributed by atoms with van der Waals surface area (Å²) in [5.74, 6) is -1.17. The summed E-state index contributed by atoms with van der Waals surface area (Å²) >= 11 is 0. The average Bonchev–Trinajstić information content (AvgIpc) is 2.68. The molecule has 0 atom stereocenters. The van der Waals surface area contributed by atoms with Crippen molar-refractivity contribution in [3.8, 4) is 0 Å². The predicted molar refractivity (Wildman–Crippen MR) is 80.8 cm³/mol. The number of nitrogens with two attached hydrogens (primary N) is 1. The van der Waals surface area contributed by atoms with Crippen molar-refractivity contribution in [2.24, 2.45) is 0 Å². The Bertz CT molecular complexity index is 503. The topological polar surface area (TPSA) is 92.4 Å². The highest BCUT2D eigenvalue weighted by Crippen LogP contribution is 2.27. The van der Waals surface area contributed by atoms with Crippen LogP contribution >= 0.6 is 0 Å². The predicted octanol–water partition coefficient (Wildman–Crippen LogP) is 2.11. The van der Waals surface area contributed by atoms with E-state index in [1.807, 2.05) is 0 Å². The molecule has 0 heterocycles. The van der Waals surface area contributed by atoms with E-state index in [2.05, 4.69) is 5.32 Å². The van der Waals surface area contributed by atoms with E-state index in [0.29, 0.717) is 18.5 Å². The molecular weight excluding hydrogens is 268 g/mol. The average molecular weight is 290 g/mol. The first-order valence-electron chi connectivity index (χ1n) is 7.41. The Kier molecular flexibility index (Phi) is 4.83. The van der Waals surface area contributed by atoms with Gasteiger partial charge in [0, 0.05) is 5.69 Å². The number of rotatable bonds is 4. The molecule has 0 aliphatic heterocycles. The first-order valence-corrected chi connectivity index (χ1v) is 7.41. The van der Waals surface area contributed by atoms with E-state index in [1.54, 1.807) is 24.3 Å². The fourth-order valence-corrected chi connectivity index (χ4v) is 2.86. The van der Waals surface area contributed by atoms with Gasteiger partial charge in [-0.25, -0.2) is 4.79 Å². The lowest BCUT2D eigenvalue weighted by atomic mass is 9.90. The van der Waals surface area contributed by atoms with Crippen LogP contribution in [0.5, 0.6) is 0 Å². The molecule has 0 radical (unpaired) electrons. The second kappa shape index (κ2) is 6.61. The summed E-state index contributed by atoms with van der Waals surface area (Å²) in [6.45, 7) is 0. The third-order valence-electron chi connectivity index (χ3n) is 4.09. The summed E-state index contributed by atoms with van der Waals surface area (Å²) in [6, 6.07) is 7.05. The van der Waals surface area contributed by atoms with Gasteiger partial charge in [-0.3, -0.25) is 4.79 Å². The minimum absolute atomic E-state index is 0.176. The van der Waals surface area contributed by atoms with E-state index >= 15 is 0 Å². The molecule has 5 nitrogen and oxygen atoms in total. The lowest BCUT2D eigenvalue weighted by Gasteiger charge is -2.29. The largest absolute Gasteiger partial charge is 0.480 e. The number of carbonyl (C=O) groups excluding carboxylic acids is 1. The molecule has 0 aromatic heterocycles. The van der Waals surface area contributed by atoms with Crippen LogP contribution in [0.25, 0.3) is 0 Å². The van der Waals surface area contributed by atoms with Gasteiger partial charge in [0.2, 0.25) is 5.91 Å². The second-order valence-corrected chi connectivity index (χ2v) is 5.77. The van der Waals surface area contributed by atoms with Gasteiger partial charge in [0.15, 0.2) is 0 Å². The molecule has 1 amide bonds. The summed E-state index contributed by atoms with van der Waals surface area (Å²) in [4.78, 5) is 23.8. The van der Waals surface area contributed by atoms with Crippen LogP contribution in [0.2, 0.25) is 0 Å². The smallest absolute Gasteiger partial charge is 0.329 e. The van der Waals surface area contributed by atoms with Crippen LogP contribution in [0.3, 0.4) is 0 Å². The Balaban J connectivity index is 2.04. The molecule has 0 bridgehead atoms. The van der Waals surface area contributed by atoms with Gasteiger partial charge in [-0.05, 0) is 30.5 Å². The van der Waals surface area contributed by atoms with Crippen LogP contribution in [0, 0.1) is 0 Å². The zero-order chi connectivity index (χ0) is 15.3. The normalized spacial score (nSPS) is 17.7. The monoisotopic (exact) mass is 290 g/mol. The fraction of sp³-hybridized carbons (Fsp3) is 0.500. The molecule has 4 N–H and O–H groups in total. The molecule has 0 spiro atoms. The van der Waals surface area contributed by atoms with E-state index in [4.69, 9.17) is 5.73 Å². The molecule has 1 aromatic rings. The maximum atomic E-state index is 12.2. The number of carboxylic acid groups (broad SMARTS) is 1. The molecule has 1 saturated carbocycles. The van der Waals surface area contributed by atoms with E-state index in [1.165, 1.54) is 0 Å². The molecule has 0 saturated heterocycles. The van der Waals surface area contributed by atoms with Gasteiger partial charge in [0.1, 0.15) is 5.54 Å². The number of benzene rings is 1. The second-order valence-electron chi connectivity index (χ2n) is 5.77. The van der Waals surface area contributed by atoms with Crippen LogP contribution in [0.15, 0.2) is 24.3 Å². The van der Waals surface area contributed by atoms with Crippen molar-refractivity contribution < 1.29 is 14.7 Å². The lowest BCUT2D eigenvalue weighted by molar-refractivity contribution is -0.148. The standard InChI is InChI=1S/C16H22N2O3/c17-13-7-5-12(6-8-13)11-14(19)18-16(15(20)21)9-3-1-2-4-10-16/h5-8H,1-4,9-11,17H2,(H,18,19)(H,20,21). The number of amides is 1. The summed E-state index contributed by atoms with van der Waals surface area (Å²) < 4.78 is 0. The van der Waals surface area contributed by atoms with Crippen molar-refractivity contribution in [1.29, 1.82) is 0 Å². The molecule has 5 heteroatoms. The number of carbonyl (C=O) groups is 2. The number of anilines is 1. The Hall–Kier alpha value is -2.04.